The van der Waals surface area contributed by atoms with Crippen LogP contribution >= 0.6 is 0 Å². The van der Waals surface area contributed by atoms with Crippen LogP contribution in [0.15, 0.2) is 176 Å². The van der Waals surface area contributed by atoms with Gasteiger partial charge in [-0.2, -0.15) is 0 Å². The molecule has 3 heteroatoms. The topological polar surface area (TPSA) is 12.1 Å². The van der Waals surface area contributed by atoms with Crippen molar-refractivity contribution in [3.8, 4) is 0 Å². The van der Waals surface area contributed by atoms with Gasteiger partial charge in [0.2, 0.25) is 0 Å². The van der Waals surface area contributed by atoms with E-state index >= 15 is 0 Å². The van der Waals surface area contributed by atoms with E-state index in [1.54, 1.807) is 0 Å². The van der Waals surface area contributed by atoms with Gasteiger partial charge in [-0.25, -0.2) is 0 Å². The van der Waals surface area contributed by atoms with Gasteiger partial charge in [0.1, 0.15) is 0 Å². The van der Waals surface area contributed by atoms with Crippen LogP contribution in [0.2, 0.25) is 0 Å². The molecule has 0 N–H and O–H groups in total. The minimum atomic E-state index is 1.13. The van der Waals surface area contributed by atoms with E-state index < -0.39 is 0 Å². The Bertz CT molecular complexity index is 3570. The Labute approximate surface area is 303 Å². The quantitative estimate of drug-likeness (QED) is 0.182. The normalized spacial score (nSPS) is 12.5. The maximum Gasteiger partial charge on any atom is 0.0789 e. The van der Waals surface area contributed by atoms with Crippen LogP contribution < -0.4 is 4.90 Å². The highest BCUT2D eigenvalue weighted by Crippen LogP contribution is 2.51. The molecule has 0 unspecified atom stereocenters. The molecule has 53 heavy (non-hydrogen) atoms. The van der Waals surface area contributed by atoms with Crippen LogP contribution in [-0.2, 0) is 0 Å². The average Bonchev–Trinajstić information content (AvgIpc) is 3.95. The molecule has 0 bridgehead atoms. The lowest BCUT2D eigenvalue weighted by molar-refractivity contribution is 1.28. The van der Waals surface area contributed by atoms with Crippen molar-refractivity contribution in [1.29, 1.82) is 0 Å². The summed E-state index contributed by atoms with van der Waals surface area (Å²) in [4.78, 5) is 2.46. The number of fused-ring (bicyclic) bond motifs is 16. The first-order chi connectivity index (χ1) is 26.3. The predicted octanol–water partition coefficient (Wildman–Crippen LogP) is 13.8. The average molecular weight is 672 g/mol. The van der Waals surface area contributed by atoms with Crippen LogP contribution in [0.4, 0.5) is 17.1 Å². The van der Waals surface area contributed by atoms with E-state index in [0.717, 1.165) is 11.4 Å². The molecule has 4 heterocycles. The molecule has 0 aliphatic heterocycles. The van der Waals surface area contributed by atoms with E-state index in [-0.39, 0.29) is 0 Å². The molecule has 0 saturated heterocycles. The van der Waals surface area contributed by atoms with Gasteiger partial charge in [-0.1, -0.05) is 133 Å². The monoisotopic (exact) mass is 671 g/mol. The Hall–Kier alpha value is -7.10. The molecule has 0 radical (unpaired) electrons. The van der Waals surface area contributed by atoms with Gasteiger partial charge < -0.3 is 13.7 Å². The largest absolute Gasteiger partial charge is 0.308 e. The summed E-state index contributed by atoms with van der Waals surface area (Å²) in [6, 6.07) is 64.9. The third kappa shape index (κ3) is 3.36. The zero-order valence-corrected chi connectivity index (χ0v) is 28.6. The molecule has 0 atom stereocenters. The summed E-state index contributed by atoms with van der Waals surface area (Å²) in [5, 5.41) is 15.4. The number of aromatic nitrogens is 2. The zero-order valence-electron chi connectivity index (χ0n) is 28.6. The van der Waals surface area contributed by atoms with Gasteiger partial charge in [0.25, 0.3) is 0 Å². The fraction of sp³-hybridized carbons (Fsp3) is 0. The first-order valence-corrected chi connectivity index (χ1v) is 18.4. The lowest BCUT2D eigenvalue weighted by atomic mass is 9.99. The fourth-order valence-electron chi connectivity index (χ4n) is 9.86. The molecule has 0 fully saturated rings. The second-order valence-corrected chi connectivity index (χ2v) is 14.5. The molecule has 3 nitrogen and oxygen atoms in total. The smallest absolute Gasteiger partial charge is 0.0789 e. The Kier molecular flexibility index (Phi) is 5.11. The molecule has 4 aromatic heterocycles. The number of para-hydroxylation sites is 4. The van der Waals surface area contributed by atoms with Crippen molar-refractivity contribution in [2.75, 3.05) is 4.90 Å². The van der Waals surface area contributed by atoms with E-state index in [4.69, 9.17) is 0 Å². The molecule has 244 valence electrons. The highest BCUT2D eigenvalue weighted by molar-refractivity contribution is 6.37. The fourth-order valence-corrected chi connectivity index (χ4v) is 9.86. The summed E-state index contributed by atoms with van der Waals surface area (Å²) < 4.78 is 5.13. The van der Waals surface area contributed by atoms with Crippen LogP contribution in [0.1, 0.15) is 0 Å². The molecule has 0 saturated carbocycles. The number of rotatable bonds is 3. The summed E-state index contributed by atoms with van der Waals surface area (Å²) in [6.07, 6.45) is 0. The molecule has 0 aliphatic rings. The second-order valence-electron chi connectivity index (χ2n) is 14.5. The predicted molar refractivity (Wildman–Crippen MR) is 225 cm³/mol. The summed E-state index contributed by atoms with van der Waals surface area (Å²) in [7, 11) is 0. The van der Waals surface area contributed by atoms with Crippen LogP contribution in [-0.4, -0.2) is 8.80 Å². The van der Waals surface area contributed by atoms with E-state index in [0.29, 0.717) is 0 Å². The van der Waals surface area contributed by atoms with Gasteiger partial charge in [0, 0.05) is 65.2 Å². The Balaban J connectivity index is 1.27. The Morgan fingerprint density at radius 2 is 0.774 bits per heavy atom. The van der Waals surface area contributed by atoms with Crippen LogP contribution in [0.3, 0.4) is 0 Å². The lowest BCUT2D eigenvalue weighted by Crippen LogP contribution is -2.11. The van der Waals surface area contributed by atoms with Crippen LogP contribution in [0.25, 0.3) is 97.7 Å². The molecule has 0 spiro atoms. The third-order valence-corrected chi connectivity index (χ3v) is 11.9. The first-order valence-electron chi connectivity index (χ1n) is 18.4. The molecule has 0 amide bonds. The zero-order chi connectivity index (χ0) is 34.4. The van der Waals surface area contributed by atoms with Crippen molar-refractivity contribution in [3.05, 3.63) is 176 Å². The number of hydrogen-bond acceptors (Lipinski definition) is 1. The SMILES string of the molecule is c1ccc(N(c2ccccc2)c2c3ccccc3cc3c4cccc5c6c7c8cccc9c%10ccc%11ccccc%11c%10n(c7ccc6n(c23)c45)c98)cc1. The molecule has 0 aliphatic carbocycles. The van der Waals surface area contributed by atoms with Gasteiger partial charge in [-0.05, 0) is 53.2 Å². The van der Waals surface area contributed by atoms with Gasteiger partial charge in [0.05, 0.1) is 38.8 Å². The van der Waals surface area contributed by atoms with Gasteiger partial charge in [0.15, 0.2) is 0 Å². The summed E-state index contributed by atoms with van der Waals surface area (Å²) >= 11 is 0. The van der Waals surface area contributed by atoms with Crippen molar-refractivity contribution in [3.63, 3.8) is 0 Å². The van der Waals surface area contributed by atoms with Crippen LogP contribution in [0, 0.1) is 0 Å². The summed E-state index contributed by atoms with van der Waals surface area (Å²) in [5.41, 5.74) is 11.1. The number of benzene rings is 9. The van der Waals surface area contributed by atoms with Crippen molar-refractivity contribution in [2.45, 2.75) is 0 Å². The number of hydrogen-bond donors (Lipinski definition) is 0. The van der Waals surface area contributed by atoms with Crippen molar-refractivity contribution >= 4 is 115 Å². The summed E-state index contributed by atoms with van der Waals surface area (Å²) in [5.74, 6) is 0. The van der Waals surface area contributed by atoms with Crippen molar-refractivity contribution in [2.24, 2.45) is 0 Å². The highest BCUT2D eigenvalue weighted by Gasteiger charge is 2.28. The molecular weight excluding hydrogens is 643 g/mol. The van der Waals surface area contributed by atoms with Gasteiger partial charge in [-0.15, -0.1) is 0 Å². The number of anilines is 3. The molecule has 9 aromatic carbocycles. The van der Waals surface area contributed by atoms with Crippen LogP contribution in [0.5, 0.6) is 0 Å². The lowest BCUT2D eigenvalue weighted by Gasteiger charge is -2.28. The van der Waals surface area contributed by atoms with E-state index in [2.05, 4.69) is 190 Å². The van der Waals surface area contributed by atoms with Gasteiger partial charge in [-0.3, -0.25) is 0 Å². The third-order valence-electron chi connectivity index (χ3n) is 11.9. The Morgan fingerprint density at radius 3 is 1.43 bits per heavy atom. The van der Waals surface area contributed by atoms with E-state index in [9.17, 15) is 0 Å². The standard InChI is InChI=1S/C50H29N3/c1-3-15-32(16-4-1)51(33-17-5-2-6-18-33)49-35-20-10-8-14-31(35)29-41-37-22-12-24-40-45-43(53(48(37)40)50(41)49)28-27-42-44(45)39-23-11-21-36-38-26-25-30-13-7-9-19-34(30)46(38)52(42)47(36)39/h1-29H. The first kappa shape index (κ1) is 27.6. The maximum absolute atomic E-state index is 2.58. The second kappa shape index (κ2) is 9.81. The summed E-state index contributed by atoms with van der Waals surface area (Å²) in [6.45, 7) is 0. The molecule has 13 aromatic rings. The van der Waals surface area contributed by atoms with E-state index in [1.807, 2.05) is 0 Å². The van der Waals surface area contributed by atoms with Crippen molar-refractivity contribution < 1.29 is 0 Å². The molecule has 13 rings (SSSR count). The number of nitrogens with zero attached hydrogens (tertiary/aromatic N) is 3. The minimum Gasteiger partial charge on any atom is -0.308 e. The molecular formula is C50H29N3. The Morgan fingerprint density at radius 1 is 0.302 bits per heavy atom. The van der Waals surface area contributed by atoms with Gasteiger partial charge >= 0.3 is 0 Å². The van der Waals surface area contributed by atoms with Crippen molar-refractivity contribution in [1.82, 2.24) is 8.80 Å². The maximum atomic E-state index is 2.58. The minimum absolute atomic E-state index is 1.13. The highest BCUT2D eigenvalue weighted by atomic mass is 15.2. The van der Waals surface area contributed by atoms with E-state index in [1.165, 1.54) is 103 Å².